The molecule has 2 nitrogen and oxygen atoms in total. The summed E-state index contributed by atoms with van der Waals surface area (Å²) in [5, 5.41) is 1.92. The first-order chi connectivity index (χ1) is 8.16. The molecule has 4 heteroatoms. The van der Waals surface area contributed by atoms with Gasteiger partial charge in [0, 0.05) is 28.3 Å². The SMILES string of the molecule is Cc1ccc(SCCn2c(C)csc2=O)cc1. The molecule has 0 saturated carbocycles. The summed E-state index contributed by atoms with van der Waals surface area (Å²) in [6, 6.07) is 8.49. The van der Waals surface area contributed by atoms with Crippen molar-refractivity contribution in [3.05, 3.63) is 50.6 Å². The maximum atomic E-state index is 11.5. The Kier molecular flexibility index (Phi) is 4.07. The first kappa shape index (κ1) is 12.5. The Hall–Kier alpha value is -1.00. The van der Waals surface area contributed by atoms with Crippen LogP contribution in [0, 0.1) is 13.8 Å². The van der Waals surface area contributed by atoms with E-state index in [0.29, 0.717) is 0 Å². The van der Waals surface area contributed by atoms with Crippen LogP contribution in [0.15, 0.2) is 39.3 Å². The molecule has 1 aromatic heterocycles. The van der Waals surface area contributed by atoms with E-state index in [1.54, 1.807) is 11.8 Å². The standard InChI is InChI=1S/C13H15NOS2/c1-10-3-5-12(6-4-10)16-8-7-14-11(2)9-17-13(14)15/h3-6,9H,7-8H2,1-2H3. The summed E-state index contributed by atoms with van der Waals surface area (Å²) in [6.07, 6.45) is 0. The molecular formula is C13H15NOS2. The average molecular weight is 265 g/mol. The fourth-order valence-corrected chi connectivity index (χ4v) is 3.16. The number of thioether (sulfide) groups is 1. The van der Waals surface area contributed by atoms with Gasteiger partial charge in [-0.05, 0) is 26.0 Å². The van der Waals surface area contributed by atoms with Crippen LogP contribution >= 0.6 is 23.1 Å². The normalized spacial score (nSPS) is 10.7. The highest BCUT2D eigenvalue weighted by Crippen LogP contribution is 2.18. The summed E-state index contributed by atoms with van der Waals surface area (Å²) in [5.74, 6) is 0.931. The van der Waals surface area contributed by atoms with Crippen molar-refractivity contribution < 1.29 is 0 Å². The van der Waals surface area contributed by atoms with Gasteiger partial charge in [-0.2, -0.15) is 0 Å². The zero-order valence-electron chi connectivity index (χ0n) is 9.97. The van der Waals surface area contributed by atoms with Crippen LogP contribution in [0.4, 0.5) is 0 Å². The first-order valence-electron chi connectivity index (χ1n) is 5.51. The maximum absolute atomic E-state index is 11.5. The van der Waals surface area contributed by atoms with Crippen LogP contribution in [0.2, 0.25) is 0 Å². The van der Waals surface area contributed by atoms with Crippen LogP contribution in [0.1, 0.15) is 11.3 Å². The summed E-state index contributed by atoms with van der Waals surface area (Å²) in [4.78, 5) is 12.9. The summed E-state index contributed by atoms with van der Waals surface area (Å²) < 4.78 is 1.84. The van der Waals surface area contributed by atoms with Crippen LogP contribution in [-0.4, -0.2) is 10.3 Å². The van der Waals surface area contributed by atoms with E-state index in [2.05, 4.69) is 31.2 Å². The Morgan fingerprint density at radius 2 is 1.94 bits per heavy atom. The van der Waals surface area contributed by atoms with Gasteiger partial charge in [-0.25, -0.2) is 0 Å². The van der Waals surface area contributed by atoms with Crippen LogP contribution in [-0.2, 0) is 6.54 Å². The Morgan fingerprint density at radius 3 is 2.53 bits per heavy atom. The van der Waals surface area contributed by atoms with Crippen LogP contribution in [0.25, 0.3) is 0 Å². The lowest BCUT2D eigenvalue weighted by atomic mass is 10.2. The smallest absolute Gasteiger partial charge is 0.303 e. The van der Waals surface area contributed by atoms with E-state index in [1.807, 2.05) is 16.9 Å². The van der Waals surface area contributed by atoms with Gasteiger partial charge in [0.25, 0.3) is 0 Å². The minimum absolute atomic E-state index is 0.145. The Balaban J connectivity index is 1.92. The predicted octanol–water partition coefficient (Wildman–Crippen LogP) is 3.32. The summed E-state index contributed by atoms with van der Waals surface area (Å²) in [7, 11) is 0. The molecule has 0 aliphatic heterocycles. The Bertz CT molecular complexity index is 539. The average Bonchev–Trinajstić information content (AvgIpc) is 2.63. The van der Waals surface area contributed by atoms with E-state index in [0.717, 1.165) is 18.0 Å². The second kappa shape index (κ2) is 5.56. The van der Waals surface area contributed by atoms with E-state index in [1.165, 1.54) is 21.8 Å². The van der Waals surface area contributed by atoms with E-state index in [4.69, 9.17) is 0 Å². The minimum Gasteiger partial charge on any atom is -0.303 e. The fraction of sp³-hybridized carbons (Fsp3) is 0.308. The highest BCUT2D eigenvalue weighted by atomic mass is 32.2. The third-order valence-corrected chi connectivity index (χ3v) is 4.45. The largest absolute Gasteiger partial charge is 0.307 e. The first-order valence-corrected chi connectivity index (χ1v) is 7.38. The number of hydrogen-bond acceptors (Lipinski definition) is 3. The molecule has 0 N–H and O–H groups in total. The van der Waals surface area contributed by atoms with Gasteiger partial charge in [-0.3, -0.25) is 4.79 Å². The molecule has 0 radical (unpaired) electrons. The highest BCUT2D eigenvalue weighted by molar-refractivity contribution is 7.99. The van der Waals surface area contributed by atoms with Gasteiger partial charge in [0.05, 0.1) is 0 Å². The molecule has 0 saturated heterocycles. The van der Waals surface area contributed by atoms with Crippen LogP contribution in [0.3, 0.4) is 0 Å². The number of thiazole rings is 1. The van der Waals surface area contributed by atoms with Crippen molar-refractivity contribution >= 4 is 23.1 Å². The molecule has 2 rings (SSSR count). The lowest BCUT2D eigenvalue weighted by Crippen LogP contribution is -2.15. The third-order valence-electron chi connectivity index (χ3n) is 2.58. The molecule has 1 heterocycles. The summed E-state index contributed by atoms with van der Waals surface area (Å²) >= 11 is 3.07. The number of hydrogen-bond donors (Lipinski definition) is 0. The molecular weight excluding hydrogens is 250 g/mol. The molecule has 0 fully saturated rings. The number of aromatic nitrogens is 1. The molecule has 1 aromatic carbocycles. The lowest BCUT2D eigenvalue weighted by Gasteiger charge is -2.04. The molecule has 0 amide bonds. The van der Waals surface area contributed by atoms with Gasteiger partial charge < -0.3 is 4.57 Å². The van der Waals surface area contributed by atoms with Crippen molar-refractivity contribution in [2.45, 2.75) is 25.3 Å². The second-order valence-electron chi connectivity index (χ2n) is 3.96. The third kappa shape index (κ3) is 3.23. The van der Waals surface area contributed by atoms with Crippen molar-refractivity contribution in [2.75, 3.05) is 5.75 Å². The minimum atomic E-state index is 0.145. The van der Waals surface area contributed by atoms with Gasteiger partial charge in [-0.15, -0.1) is 11.8 Å². The zero-order valence-corrected chi connectivity index (χ0v) is 11.6. The molecule has 0 unspecified atom stereocenters. The summed E-state index contributed by atoms with van der Waals surface area (Å²) in [5.41, 5.74) is 2.34. The lowest BCUT2D eigenvalue weighted by molar-refractivity contribution is 0.731. The number of aryl methyl sites for hydroxylation is 2. The molecule has 0 bridgehead atoms. The quantitative estimate of drug-likeness (QED) is 0.791. The molecule has 17 heavy (non-hydrogen) atoms. The molecule has 0 atom stereocenters. The van der Waals surface area contributed by atoms with Crippen molar-refractivity contribution in [1.29, 1.82) is 0 Å². The van der Waals surface area contributed by atoms with E-state index < -0.39 is 0 Å². The Labute approximate surface area is 109 Å². The van der Waals surface area contributed by atoms with Gasteiger partial charge in [0.1, 0.15) is 0 Å². The van der Waals surface area contributed by atoms with Gasteiger partial charge >= 0.3 is 4.87 Å². The van der Waals surface area contributed by atoms with Crippen molar-refractivity contribution in [2.24, 2.45) is 0 Å². The van der Waals surface area contributed by atoms with Crippen molar-refractivity contribution in [1.82, 2.24) is 4.57 Å². The molecule has 0 spiro atoms. The van der Waals surface area contributed by atoms with Crippen molar-refractivity contribution in [3.8, 4) is 0 Å². The maximum Gasteiger partial charge on any atom is 0.307 e. The van der Waals surface area contributed by atoms with Crippen LogP contribution < -0.4 is 4.87 Å². The van der Waals surface area contributed by atoms with Gasteiger partial charge in [0.2, 0.25) is 0 Å². The molecule has 0 aliphatic rings. The molecule has 0 aliphatic carbocycles. The highest BCUT2D eigenvalue weighted by Gasteiger charge is 2.02. The van der Waals surface area contributed by atoms with Crippen molar-refractivity contribution in [3.63, 3.8) is 0 Å². The second-order valence-corrected chi connectivity index (χ2v) is 5.95. The number of benzene rings is 1. The predicted molar refractivity (Wildman–Crippen MR) is 75.2 cm³/mol. The van der Waals surface area contributed by atoms with E-state index in [-0.39, 0.29) is 4.87 Å². The number of rotatable bonds is 4. The topological polar surface area (TPSA) is 22.0 Å². The summed E-state index contributed by atoms with van der Waals surface area (Å²) in [6.45, 7) is 4.85. The molecule has 2 aromatic rings. The number of nitrogens with zero attached hydrogens (tertiary/aromatic N) is 1. The Morgan fingerprint density at radius 1 is 1.24 bits per heavy atom. The van der Waals surface area contributed by atoms with Crippen LogP contribution in [0.5, 0.6) is 0 Å². The van der Waals surface area contributed by atoms with E-state index in [9.17, 15) is 4.79 Å². The molecule has 90 valence electrons. The van der Waals surface area contributed by atoms with E-state index >= 15 is 0 Å². The van der Waals surface area contributed by atoms with Gasteiger partial charge in [-0.1, -0.05) is 29.0 Å². The monoisotopic (exact) mass is 265 g/mol. The fourth-order valence-electron chi connectivity index (χ4n) is 1.56. The zero-order chi connectivity index (χ0) is 12.3. The van der Waals surface area contributed by atoms with Gasteiger partial charge in [0.15, 0.2) is 0 Å².